The molecular weight excluding hydrogens is 306 g/mol. The van der Waals surface area contributed by atoms with Crippen molar-refractivity contribution in [2.24, 2.45) is 0 Å². The maximum absolute atomic E-state index is 11.5. The normalized spacial score (nSPS) is 10.4. The van der Waals surface area contributed by atoms with Gasteiger partial charge in [0.05, 0.1) is 10.5 Å². The minimum Gasteiger partial charge on any atom is -0.452 e. The number of hydrogen-bond donors (Lipinski definition) is 1. The topological polar surface area (TPSA) is 125 Å². The highest BCUT2D eigenvalue weighted by atomic mass is 16.6. The van der Waals surface area contributed by atoms with Crippen LogP contribution < -0.4 is 5.32 Å². The summed E-state index contributed by atoms with van der Waals surface area (Å²) in [5.74, 6) is -1.20. The summed E-state index contributed by atoms with van der Waals surface area (Å²) in [5.41, 5.74) is 0.113. The SMILES string of the molecule is O=C(COC(=O)/C=C/c1ccccc1[N+](=O)[O-])Nc1ccon1. The number of nitro groups is 1. The van der Waals surface area contributed by atoms with E-state index in [4.69, 9.17) is 4.74 Å². The molecule has 0 radical (unpaired) electrons. The number of carbonyl (C=O) groups excluding carboxylic acids is 2. The van der Waals surface area contributed by atoms with Crippen LogP contribution in [-0.4, -0.2) is 28.6 Å². The molecule has 0 spiro atoms. The highest BCUT2D eigenvalue weighted by Crippen LogP contribution is 2.18. The highest BCUT2D eigenvalue weighted by Gasteiger charge is 2.11. The Morgan fingerprint density at radius 3 is 2.83 bits per heavy atom. The van der Waals surface area contributed by atoms with Gasteiger partial charge in [0.25, 0.3) is 11.6 Å². The molecule has 0 aliphatic heterocycles. The first-order valence-corrected chi connectivity index (χ1v) is 6.35. The number of para-hydroxylation sites is 1. The molecule has 1 amide bonds. The van der Waals surface area contributed by atoms with E-state index in [0.717, 1.165) is 6.08 Å². The summed E-state index contributed by atoms with van der Waals surface area (Å²) in [5, 5.41) is 16.6. The van der Waals surface area contributed by atoms with Gasteiger partial charge in [-0.25, -0.2) is 4.79 Å². The Balaban J connectivity index is 1.87. The van der Waals surface area contributed by atoms with Crippen LogP contribution in [0.5, 0.6) is 0 Å². The maximum atomic E-state index is 11.5. The van der Waals surface area contributed by atoms with Gasteiger partial charge in [0.15, 0.2) is 12.4 Å². The third kappa shape index (κ3) is 4.77. The number of ether oxygens (including phenoxy) is 1. The van der Waals surface area contributed by atoms with Crippen LogP contribution in [0.2, 0.25) is 0 Å². The number of amides is 1. The molecule has 9 nitrogen and oxygen atoms in total. The van der Waals surface area contributed by atoms with Gasteiger partial charge < -0.3 is 14.6 Å². The van der Waals surface area contributed by atoms with Crippen molar-refractivity contribution in [2.75, 3.05) is 11.9 Å². The smallest absolute Gasteiger partial charge is 0.331 e. The summed E-state index contributed by atoms with van der Waals surface area (Å²) in [6.07, 6.45) is 3.53. The zero-order valence-corrected chi connectivity index (χ0v) is 11.7. The Labute approximate surface area is 129 Å². The zero-order valence-electron chi connectivity index (χ0n) is 11.7. The number of aromatic nitrogens is 1. The fourth-order valence-corrected chi connectivity index (χ4v) is 1.59. The van der Waals surface area contributed by atoms with Gasteiger partial charge in [-0.15, -0.1) is 0 Å². The Morgan fingerprint density at radius 2 is 2.13 bits per heavy atom. The van der Waals surface area contributed by atoms with Crippen LogP contribution >= 0.6 is 0 Å². The largest absolute Gasteiger partial charge is 0.452 e. The van der Waals surface area contributed by atoms with Crippen molar-refractivity contribution in [1.29, 1.82) is 0 Å². The van der Waals surface area contributed by atoms with Crippen molar-refractivity contribution in [3.05, 3.63) is 58.3 Å². The number of nitrogens with zero attached hydrogens (tertiary/aromatic N) is 2. The van der Waals surface area contributed by atoms with Crippen LogP contribution in [0.3, 0.4) is 0 Å². The van der Waals surface area contributed by atoms with Gasteiger partial charge >= 0.3 is 5.97 Å². The Hall–Kier alpha value is -3.49. The predicted molar refractivity (Wildman–Crippen MR) is 78.2 cm³/mol. The summed E-state index contributed by atoms with van der Waals surface area (Å²) < 4.78 is 9.23. The number of carbonyl (C=O) groups is 2. The lowest BCUT2D eigenvalue weighted by Crippen LogP contribution is -2.20. The molecule has 23 heavy (non-hydrogen) atoms. The maximum Gasteiger partial charge on any atom is 0.331 e. The number of nitro benzene ring substituents is 1. The van der Waals surface area contributed by atoms with Crippen LogP contribution in [0.25, 0.3) is 6.08 Å². The number of anilines is 1. The molecule has 0 bridgehead atoms. The Kier molecular flexibility index (Phi) is 5.18. The van der Waals surface area contributed by atoms with Crippen LogP contribution in [-0.2, 0) is 14.3 Å². The zero-order chi connectivity index (χ0) is 16.7. The average molecular weight is 317 g/mol. The molecule has 1 N–H and O–H groups in total. The lowest BCUT2D eigenvalue weighted by molar-refractivity contribution is -0.385. The average Bonchev–Trinajstić information content (AvgIpc) is 3.04. The van der Waals surface area contributed by atoms with Crippen molar-refractivity contribution < 1.29 is 23.8 Å². The van der Waals surface area contributed by atoms with Crippen molar-refractivity contribution >= 4 is 29.5 Å². The van der Waals surface area contributed by atoms with Gasteiger partial charge in [0, 0.05) is 18.2 Å². The molecule has 2 aromatic rings. The first-order valence-electron chi connectivity index (χ1n) is 6.35. The molecule has 0 fully saturated rings. The quantitative estimate of drug-likeness (QED) is 0.372. The van der Waals surface area contributed by atoms with Gasteiger partial charge in [-0.2, -0.15) is 0 Å². The first-order chi connectivity index (χ1) is 11.1. The predicted octanol–water partition coefficient (Wildman–Crippen LogP) is 1.78. The van der Waals surface area contributed by atoms with Crippen molar-refractivity contribution in [3.8, 4) is 0 Å². The standard InChI is InChI=1S/C14H11N3O6/c18-13(15-12-7-8-23-16-12)9-22-14(19)6-5-10-3-1-2-4-11(10)17(20)21/h1-8H,9H2,(H,15,16,18)/b6-5+. The van der Waals surface area contributed by atoms with E-state index in [9.17, 15) is 19.7 Å². The second-order valence-corrected chi connectivity index (χ2v) is 4.19. The molecule has 0 aliphatic carbocycles. The van der Waals surface area contributed by atoms with E-state index >= 15 is 0 Å². The van der Waals surface area contributed by atoms with E-state index < -0.39 is 23.4 Å². The summed E-state index contributed by atoms with van der Waals surface area (Å²) in [4.78, 5) is 33.2. The molecule has 1 aromatic carbocycles. The van der Waals surface area contributed by atoms with Crippen molar-refractivity contribution in [2.45, 2.75) is 0 Å². The lowest BCUT2D eigenvalue weighted by Gasteiger charge is -2.01. The van der Waals surface area contributed by atoms with Gasteiger partial charge in [-0.3, -0.25) is 14.9 Å². The van der Waals surface area contributed by atoms with E-state index in [1.807, 2.05) is 0 Å². The van der Waals surface area contributed by atoms with Gasteiger partial charge in [0.1, 0.15) is 6.26 Å². The lowest BCUT2D eigenvalue weighted by atomic mass is 10.1. The molecule has 118 valence electrons. The van der Waals surface area contributed by atoms with Gasteiger partial charge in [-0.1, -0.05) is 17.3 Å². The summed E-state index contributed by atoms with van der Waals surface area (Å²) in [7, 11) is 0. The second kappa shape index (κ2) is 7.50. The first kappa shape index (κ1) is 15.9. The second-order valence-electron chi connectivity index (χ2n) is 4.19. The Bertz CT molecular complexity index is 739. The molecule has 0 unspecified atom stereocenters. The molecule has 9 heteroatoms. The number of nitrogens with one attached hydrogen (secondary N) is 1. The molecule has 0 saturated heterocycles. The number of esters is 1. The van der Waals surface area contributed by atoms with E-state index in [0.29, 0.717) is 0 Å². The summed E-state index contributed by atoms with van der Waals surface area (Å²) in [6.45, 7) is -0.521. The molecule has 0 aliphatic rings. The highest BCUT2D eigenvalue weighted by molar-refractivity contribution is 5.94. The number of rotatable bonds is 6. The summed E-state index contributed by atoms with van der Waals surface area (Å²) in [6, 6.07) is 7.34. The minimum atomic E-state index is -0.807. The minimum absolute atomic E-state index is 0.139. The van der Waals surface area contributed by atoms with E-state index in [1.165, 1.54) is 36.6 Å². The van der Waals surface area contributed by atoms with Crippen molar-refractivity contribution in [1.82, 2.24) is 5.16 Å². The van der Waals surface area contributed by atoms with Crippen LogP contribution in [0, 0.1) is 10.1 Å². The number of hydrogen-bond acceptors (Lipinski definition) is 7. The van der Waals surface area contributed by atoms with Gasteiger partial charge in [-0.05, 0) is 12.1 Å². The van der Waals surface area contributed by atoms with Crippen LogP contribution in [0.4, 0.5) is 11.5 Å². The molecule has 2 rings (SSSR count). The summed E-state index contributed by atoms with van der Waals surface area (Å²) >= 11 is 0. The van der Waals surface area contributed by atoms with Crippen molar-refractivity contribution in [3.63, 3.8) is 0 Å². The van der Waals surface area contributed by atoms with E-state index in [2.05, 4.69) is 15.0 Å². The molecular formula is C14H11N3O6. The molecule has 0 saturated carbocycles. The molecule has 1 aromatic heterocycles. The van der Waals surface area contributed by atoms with E-state index in [-0.39, 0.29) is 17.1 Å². The van der Waals surface area contributed by atoms with E-state index in [1.54, 1.807) is 6.07 Å². The number of benzene rings is 1. The van der Waals surface area contributed by atoms with Gasteiger partial charge in [0.2, 0.25) is 0 Å². The fraction of sp³-hybridized carbons (Fsp3) is 0.0714. The van der Waals surface area contributed by atoms with Crippen LogP contribution in [0.1, 0.15) is 5.56 Å². The Morgan fingerprint density at radius 1 is 1.35 bits per heavy atom. The molecule has 0 atom stereocenters. The monoisotopic (exact) mass is 317 g/mol. The fourth-order valence-electron chi connectivity index (χ4n) is 1.59. The third-order valence-corrected chi connectivity index (χ3v) is 2.58. The molecule has 1 heterocycles. The van der Waals surface area contributed by atoms with Crippen LogP contribution in [0.15, 0.2) is 47.2 Å². The third-order valence-electron chi connectivity index (χ3n) is 2.58.